The summed E-state index contributed by atoms with van der Waals surface area (Å²) in [5.41, 5.74) is 3.20. The van der Waals surface area contributed by atoms with Crippen LogP contribution in [0.5, 0.6) is 11.5 Å². The van der Waals surface area contributed by atoms with Crippen LogP contribution in [0.2, 0.25) is 0 Å². The molecule has 3 rings (SSSR count). The van der Waals surface area contributed by atoms with Crippen LogP contribution in [-0.4, -0.2) is 41.2 Å². The molecule has 0 spiro atoms. The number of nitrogens with zero attached hydrogens (tertiary/aromatic N) is 2. The van der Waals surface area contributed by atoms with Gasteiger partial charge in [-0.2, -0.15) is 0 Å². The second-order valence-corrected chi connectivity index (χ2v) is 4.93. The summed E-state index contributed by atoms with van der Waals surface area (Å²) < 4.78 is 15.7. The number of hydrogen-bond acceptors (Lipinski definition) is 6. The fourth-order valence-corrected chi connectivity index (χ4v) is 2.30. The number of nitrogens with one attached hydrogen (secondary N) is 1. The third kappa shape index (κ3) is 3.29. The van der Waals surface area contributed by atoms with Gasteiger partial charge in [-0.3, -0.25) is 4.98 Å². The molecule has 1 aromatic carbocycles. The smallest absolute Gasteiger partial charge is 0.344 e. The number of fused-ring (bicyclic) bond motifs is 1. The van der Waals surface area contributed by atoms with E-state index in [9.17, 15) is 4.79 Å². The standard InChI is InChI=1S/C17H17N3O4/c1-3-23-16(21)10-24-15-8-11(4-5-14(15)22-2)12-9-13-17(20-12)19-7-6-18-13/h4-9H,3,10H2,1-2H3,(H,19,20). The van der Waals surface area contributed by atoms with Gasteiger partial charge in [-0.25, -0.2) is 9.78 Å². The lowest BCUT2D eigenvalue weighted by Gasteiger charge is -2.11. The molecule has 0 radical (unpaired) electrons. The first kappa shape index (κ1) is 15.8. The van der Waals surface area contributed by atoms with E-state index < -0.39 is 5.97 Å². The Morgan fingerprint density at radius 2 is 2.00 bits per heavy atom. The van der Waals surface area contributed by atoms with Crippen molar-refractivity contribution in [3.05, 3.63) is 36.7 Å². The fourth-order valence-electron chi connectivity index (χ4n) is 2.30. The Kier molecular flexibility index (Phi) is 4.60. The molecule has 0 fully saturated rings. The highest BCUT2D eigenvalue weighted by Gasteiger charge is 2.12. The van der Waals surface area contributed by atoms with E-state index in [0.29, 0.717) is 23.8 Å². The third-order valence-electron chi connectivity index (χ3n) is 3.39. The molecule has 0 aliphatic carbocycles. The quantitative estimate of drug-likeness (QED) is 0.700. The average Bonchev–Trinajstić information content (AvgIpc) is 3.04. The van der Waals surface area contributed by atoms with Gasteiger partial charge in [0.25, 0.3) is 0 Å². The number of carbonyl (C=O) groups is 1. The van der Waals surface area contributed by atoms with E-state index in [0.717, 1.165) is 16.8 Å². The molecule has 0 bridgehead atoms. The van der Waals surface area contributed by atoms with Crippen molar-refractivity contribution in [3.63, 3.8) is 0 Å². The number of methoxy groups -OCH3 is 1. The van der Waals surface area contributed by atoms with Gasteiger partial charge in [0.15, 0.2) is 23.8 Å². The van der Waals surface area contributed by atoms with Crippen molar-refractivity contribution in [3.8, 4) is 22.8 Å². The Balaban J connectivity index is 1.89. The van der Waals surface area contributed by atoms with E-state index >= 15 is 0 Å². The first-order valence-electron chi connectivity index (χ1n) is 7.48. The van der Waals surface area contributed by atoms with Crippen molar-refractivity contribution < 1.29 is 19.0 Å². The predicted octanol–water partition coefficient (Wildman–Crippen LogP) is 2.58. The molecular weight excluding hydrogens is 310 g/mol. The molecule has 7 nitrogen and oxygen atoms in total. The lowest BCUT2D eigenvalue weighted by Crippen LogP contribution is -2.14. The van der Waals surface area contributed by atoms with E-state index in [1.807, 2.05) is 12.1 Å². The lowest BCUT2D eigenvalue weighted by atomic mass is 10.1. The second kappa shape index (κ2) is 6.99. The van der Waals surface area contributed by atoms with Gasteiger partial charge in [-0.1, -0.05) is 0 Å². The van der Waals surface area contributed by atoms with E-state index in [-0.39, 0.29) is 6.61 Å². The van der Waals surface area contributed by atoms with Crippen molar-refractivity contribution in [2.75, 3.05) is 20.3 Å². The fraction of sp³-hybridized carbons (Fsp3) is 0.235. The van der Waals surface area contributed by atoms with Crippen molar-refractivity contribution in [1.29, 1.82) is 0 Å². The topological polar surface area (TPSA) is 86.3 Å². The highest BCUT2D eigenvalue weighted by atomic mass is 16.6. The molecule has 24 heavy (non-hydrogen) atoms. The zero-order chi connectivity index (χ0) is 16.9. The van der Waals surface area contributed by atoms with Crippen LogP contribution in [0.15, 0.2) is 36.7 Å². The van der Waals surface area contributed by atoms with Crippen molar-refractivity contribution >= 4 is 17.1 Å². The summed E-state index contributed by atoms with van der Waals surface area (Å²) >= 11 is 0. The van der Waals surface area contributed by atoms with Crippen LogP contribution in [-0.2, 0) is 9.53 Å². The largest absolute Gasteiger partial charge is 0.493 e. The number of aromatic nitrogens is 3. The zero-order valence-corrected chi connectivity index (χ0v) is 13.4. The molecule has 0 saturated heterocycles. The molecular formula is C17H17N3O4. The minimum absolute atomic E-state index is 0.177. The summed E-state index contributed by atoms with van der Waals surface area (Å²) in [4.78, 5) is 23.2. The van der Waals surface area contributed by atoms with E-state index in [2.05, 4.69) is 15.0 Å². The summed E-state index contributed by atoms with van der Waals surface area (Å²) in [6.45, 7) is 1.88. The maximum Gasteiger partial charge on any atom is 0.344 e. The molecule has 2 aromatic heterocycles. The van der Waals surface area contributed by atoms with E-state index in [1.54, 1.807) is 38.6 Å². The van der Waals surface area contributed by atoms with Gasteiger partial charge >= 0.3 is 5.97 Å². The molecule has 0 unspecified atom stereocenters. The number of carbonyl (C=O) groups excluding carboxylic acids is 1. The number of rotatable bonds is 6. The van der Waals surface area contributed by atoms with Gasteiger partial charge in [-0.15, -0.1) is 0 Å². The third-order valence-corrected chi connectivity index (χ3v) is 3.39. The lowest BCUT2D eigenvalue weighted by molar-refractivity contribution is -0.145. The average molecular weight is 327 g/mol. The minimum Gasteiger partial charge on any atom is -0.493 e. The van der Waals surface area contributed by atoms with Crippen molar-refractivity contribution in [2.45, 2.75) is 6.92 Å². The first-order valence-corrected chi connectivity index (χ1v) is 7.48. The van der Waals surface area contributed by atoms with Gasteiger partial charge in [0.2, 0.25) is 0 Å². The zero-order valence-electron chi connectivity index (χ0n) is 13.4. The number of H-pyrrole nitrogens is 1. The van der Waals surface area contributed by atoms with Gasteiger partial charge in [0, 0.05) is 23.7 Å². The van der Waals surface area contributed by atoms with Gasteiger partial charge in [-0.05, 0) is 31.2 Å². The Bertz CT molecular complexity index is 827. The molecule has 0 aliphatic heterocycles. The maximum absolute atomic E-state index is 11.5. The Labute approximate surface area is 138 Å². The summed E-state index contributed by atoms with van der Waals surface area (Å²) in [6, 6.07) is 7.37. The Morgan fingerprint density at radius 1 is 1.17 bits per heavy atom. The van der Waals surface area contributed by atoms with Crippen LogP contribution in [0.1, 0.15) is 6.92 Å². The van der Waals surface area contributed by atoms with Crippen LogP contribution in [0, 0.1) is 0 Å². The highest BCUT2D eigenvalue weighted by Crippen LogP contribution is 2.33. The van der Waals surface area contributed by atoms with Crippen LogP contribution in [0.3, 0.4) is 0 Å². The van der Waals surface area contributed by atoms with Crippen molar-refractivity contribution in [2.24, 2.45) is 0 Å². The molecule has 124 valence electrons. The summed E-state index contributed by atoms with van der Waals surface area (Å²) in [6.07, 6.45) is 3.27. The molecule has 0 amide bonds. The summed E-state index contributed by atoms with van der Waals surface area (Å²) in [5, 5.41) is 0. The number of benzene rings is 1. The molecule has 0 saturated carbocycles. The van der Waals surface area contributed by atoms with Crippen molar-refractivity contribution in [1.82, 2.24) is 15.0 Å². The molecule has 3 aromatic rings. The number of ether oxygens (including phenoxy) is 3. The minimum atomic E-state index is -0.427. The first-order chi connectivity index (χ1) is 11.7. The number of aromatic amines is 1. The summed E-state index contributed by atoms with van der Waals surface area (Å²) in [5.74, 6) is 0.571. The SMILES string of the molecule is CCOC(=O)COc1cc(-c2cc3nccnc3[nH]2)ccc1OC. The monoisotopic (exact) mass is 327 g/mol. The van der Waals surface area contributed by atoms with Gasteiger partial charge < -0.3 is 19.2 Å². The summed E-state index contributed by atoms with van der Waals surface area (Å²) in [7, 11) is 1.54. The highest BCUT2D eigenvalue weighted by molar-refractivity contribution is 5.80. The molecule has 7 heteroatoms. The molecule has 1 N–H and O–H groups in total. The second-order valence-electron chi connectivity index (χ2n) is 4.93. The molecule has 0 aliphatic rings. The van der Waals surface area contributed by atoms with Crippen LogP contribution < -0.4 is 9.47 Å². The number of hydrogen-bond donors (Lipinski definition) is 1. The Hall–Kier alpha value is -3.09. The van der Waals surface area contributed by atoms with Gasteiger partial charge in [0.05, 0.1) is 13.7 Å². The van der Waals surface area contributed by atoms with Gasteiger partial charge in [0.1, 0.15) is 5.52 Å². The normalized spacial score (nSPS) is 10.6. The Morgan fingerprint density at radius 3 is 2.75 bits per heavy atom. The molecule has 0 atom stereocenters. The van der Waals surface area contributed by atoms with E-state index in [4.69, 9.17) is 14.2 Å². The van der Waals surface area contributed by atoms with Crippen LogP contribution >= 0.6 is 0 Å². The molecule has 2 heterocycles. The van der Waals surface area contributed by atoms with E-state index in [1.165, 1.54) is 0 Å². The van der Waals surface area contributed by atoms with Crippen LogP contribution in [0.25, 0.3) is 22.4 Å². The maximum atomic E-state index is 11.5. The number of esters is 1. The predicted molar refractivity (Wildman–Crippen MR) is 88.0 cm³/mol. The van der Waals surface area contributed by atoms with Crippen LogP contribution in [0.4, 0.5) is 0 Å².